The van der Waals surface area contributed by atoms with E-state index in [1.165, 1.54) is 0 Å². The highest BCUT2D eigenvalue weighted by atomic mass is 16.4. The summed E-state index contributed by atoms with van der Waals surface area (Å²) < 4.78 is 0. The Morgan fingerprint density at radius 2 is 1.90 bits per heavy atom. The first-order valence-corrected chi connectivity index (χ1v) is 7.04. The third-order valence-electron chi connectivity index (χ3n) is 4.22. The largest absolute Gasteiger partial charge is 0.481 e. The average molecular weight is 275 g/mol. The standard InChI is InChI=1S/C16H21NO3/c1-11-6-8-12(9-7-11)14(18)17-16(2)10-4-3-5-13(16)15(19)20/h6-9,13H,3-5,10H2,1-2H3,(H,17,18)(H,19,20). The lowest BCUT2D eigenvalue weighted by molar-refractivity contribution is -0.145. The molecular weight excluding hydrogens is 254 g/mol. The van der Waals surface area contributed by atoms with Crippen molar-refractivity contribution in [2.45, 2.75) is 45.1 Å². The number of rotatable bonds is 3. The molecule has 2 N–H and O–H groups in total. The van der Waals surface area contributed by atoms with Crippen molar-refractivity contribution in [2.24, 2.45) is 5.92 Å². The fraction of sp³-hybridized carbons (Fsp3) is 0.500. The van der Waals surface area contributed by atoms with E-state index in [-0.39, 0.29) is 5.91 Å². The number of nitrogens with one attached hydrogen (secondary N) is 1. The van der Waals surface area contributed by atoms with E-state index in [4.69, 9.17) is 0 Å². The minimum absolute atomic E-state index is 0.194. The van der Waals surface area contributed by atoms with Crippen LogP contribution in [0.3, 0.4) is 0 Å². The predicted molar refractivity (Wildman–Crippen MR) is 76.6 cm³/mol. The van der Waals surface area contributed by atoms with Gasteiger partial charge in [0.1, 0.15) is 0 Å². The Balaban J connectivity index is 2.15. The second-order valence-corrected chi connectivity index (χ2v) is 5.87. The van der Waals surface area contributed by atoms with E-state index in [0.717, 1.165) is 18.4 Å². The molecule has 4 nitrogen and oxygen atoms in total. The van der Waals surface area contributed by atoms with Crippen LogP contribution in [-0.4, -0.2) is 22.5 Å². The number of hydrogen-bond acceptors (Lipinski definition) is 2. The molecule has 0 aliphatic heterocycles. The number of aliphatic carboxylic acids is 1. The van der Waals surface area contributed by atoms with Crippen LogP contribution in [0.15, 0.2) is 24.3 Å². The zero-order chi connectivity index (χ0) is 14.8. The van der Waals surface area contributed by atoms with Gasteiger partial charge in [0, 0.05) is 5.56 Å². The molecule has 0 bridgehead atoms. The Morgan fingerprint density at radius 3 is 2.50 bits per heavy atom. The van der Waals surface area contributed by atoms with Crippen molar-refractivity contribution in [1.82, 2.24) is 5.32 Å². The summed E-state index contributed by atoms with van der Waals surface area (Å²) in [6.45, 7) is 3.81. The van der Waals surface area contributed by atoms with E-state index in [9.17, 15) is 14.7 Å². The van der Waals surface area contributed by atoms with Gasteiger partial charge in [-0.3, -0.25) is 9.59 Å². The molecule has 1 amide bonds. The number of amides is 1. The maximum Gasteiger partial charge on any atom is 0.308 e. The van der Waals surface area contributed by atoms with Crippen LogP contribution in [0.5, 0.6) is 0 Å². The van der Waals surface area contributed by atoms with Gasteiger partial charge in [-0.15, -0.1) is 0 Å². The van der Waals surface area contributed by atoms with Gasteiger partial charge in [-0.25, -0.2) is 0 Å². The first-order valence-electron chi connectivity index (χ1n) is 7.04. The zero-order valence-electron chi connectivity index (χ0n) is 12.0. The van der Waals surface area contributed by atoms with Gasteiger partial charge >= 0.3 is 5.97 Å². The molecule has 108 valence electrons. The summed E-state index contributed by atoms with van der Waals surface area (Å²) >= 11 is 0. The maximum atomic E-state index is 12.3. The molecule has 1 fully saturated rings. The number of carbonyl (C=O) groups is 2. The summed E-state index contributed by atoms with van der Waals surface area (Å²) in [5.41, 5.74) is 1.01. The Labute approximate surface area is 119 Å². The fourth-order valence-corrected chi connectivity index (χ4v) is 2.92. The highest BCUT2D eigenvalue weighted by Gasteiger charge is 2.42. The van der Waals surface area contributed by atoms with Crippen LogP contribution >= 0.6 is 0 Å². The summed E-state index contributed by atoms with van der Waals surface area (Å²) in [6.07, 6.45) is 3.20. The molecule has 0 aromatic heterocycles. The summed E-state index contributed by atoms with van der Waals surface area (Å²) in [6, 6.07) is 7.30. The lowest BCUT2D eigenvalue weighted by Gasteiger charge is -2.39. The van der Waals surface area contributed by atoms with Crippen LogP contribution in [0.4, 0.5) is 0 Å². The maximum absolute atomic E-state index is 12.3. The van der Waals surface area contributed by atoms with Crippen LogP contribution < -0.4 is 5.32 Å². The van der Waals surface area contributed by atoms with Crippen molar-refractivity contribution in [3.63, 3.8) is 0 Å². The summed E-state index contributed by atoms with van der Waals surface area (Å²) in [7, 11) is 0. The topological polar surface area (TPSA) is 66.4 Å². The molecule has 1 aromatic rings. The molecule has 4 heteroatoms. The third kappa shape index (κ3) is 3.00. The lowest BCUT2D eigenvalue weighted by atomic mass is 9.73. The average Bonchev–Trinajstić information content (AvgIpc) is 2.39. The van der Waals surface area contributed by atoms with Crippen LogP contribution in [0.1, 0.15) is 48.5 Å². The number of carboxylic acids is 1. The number of benzene rings is 1. The van der Waals surface area contributed by atoms with Crippen molar-refractivity contribution in [2.75, 3.05) is 0 Å². The number of hydrogen-bond donors (Lipinski definition) is 2. The number of aryl methyl sites for hydroxylation is 1. The van der Waals surface area contributed by atoms with Gasteiger partial charge in [-0.05, 0) is 38.8 Å². The van der Waals surface area contributed by atoms with Gasteiger partial charge in [-0.2, -0.15) is 0 Å². The monoisotopic (exact) mass is 275 g/mol. The molecule has 2 rings (SSSR count). The van der Waals surface area contributed by atoms with E-state index in [1.54, 1.807) is 12.1 Å². The Bertz CT molecular complexity index is 509. The highest BCUT2D eigenvalue weighted by molar-refractivity contribution is 5.95. The molecule has 2 atom stereocenters. The number of carbonyl (C=O) groups excluding carboxylic acids is 1. The van der Waals surface area contributed by atoms with Gasteiger partial charge in [0.25, 0.3) is 5.91 Å². The van der Waals surface area contributed by atoms with Gasteiger partial charge in [0.2, 0.25) is 0 Å². The van der Waals surface area contributed by atoms with Gasteiger partial charge in [0.15, 0.2) is 0 Å². The highest BCUT2D eigenvalue weighted by Crippen LogP contribution is 2.34. The quantitative estimate of drug-likeness (QED) is 0.891. The molecule has 1 aliphatic rings. The van der Waals surface area contributed by atoms with E-state index < -0.39 is 17.4 Å². The molecule has 0 spiro atoms. The number of carboxylic acid groups (broad SMARTS) is 1. The first kappa shape index (κ1) is 14.6. The SMILES string of the molecule is Cc1ccc(C(=O)NC2(C)CCCCC2C(=O)O)cc1. The lowest BCUT2D eigenvalue weighted by Crippen LogP contribution is -2.55. The van der Waals surface area contributed by atoms with Crippen LogP contribution in [-0.2, 0) is 4.79 Å². The summed E-state index contributed by atoms with van der Waals surface area (Å²) in [5, 5.41) is 12.3. The van der Waals surface area contributed by atoms with Crippen molar-refractivity contribution in [3.8, 4) is 0 Å². The molecule has 1 saturated carbocycles. The molecule has 20 heavy (non-hydrogen) atoms. The van der Waals surface area contributed by atoms with Crippen LogP contribution in [0.25, 0.3) is 0 Å². The molecule has 0 heterocycles. The zero-order valence-corrected chi connectivity index (χ0v) is 12.0. The van der Waals surface area contributed by atoms with E-state index in [2.05, 4.69) is 5.32 Å². The van der Waals surface area contributed by atoms with Crippen LogP contribution in [0, 0.1) is 12.8 Å². The Morgan fingerprint density at radius 1 is 1.25 bits per heavy atom. The van der Waals surface area contributed by atoms with Gasteiger partial charge in [0.05, 0.1) is 11.5 Å². The normalized spacial score (nSPS) is 26.0. The second kappa shape index (κ2) is 5.65. The molecular formula is C16H21NO3. The third-order valence-corrected chi connectivity index (χ3v) is 4.22. The van der Waals surface area contributed by atoms with E-state index in [0.29, 0.717) is 18.4 Å². The predicted octanol–water partition coefficient (Wildman–Crippen LogP) is 2.76. The minimum atomic E-state index is -0.823. The smallest absolute Gasteiger partial charge is 0.308 e. The molecule has 0 saturated heterocycles. The van der Waals surface area contributed by atoms with Crippen molar-refractivity contribution in [1.29, 1.82) is 0 Å². The Kier molecular flexibility index (Phi) is 4.12. The van der Waals surface area contributed by atoms with Crippen molar-refractivity contribution in [3.05, 3.63) is 35.4 Å². The minimum Gasteiger partial charge on any atom is -0.481 e. The van der Waals surface area contributed by atoms with Gasteiger partial charge in [-0.1, -0.05) is 30.5 Å². The first-order chi connectivity index (χ1) is 9.42. The van der Waals surface area contributed by atoms with Crippen molar-refractivity contribution >= 4 is 11.9 Å². The van der Waals surface area contributed by atoms with Gasteiger partial charge < -0.3 is 10.4 Å². The second-order valence-electron chi connectivity index (χ2n) is 5.87. The summed E-state index contributed by atoms with van der Waals surface area (Å²) in [5.74, 6) is -1.53. The van der Waals surface area contributed by atoms with E-state index >= 15 is 0 Å². The van der Waals surface area contributed by atoms with E-state index in [1.807, 2.05) is 26.0 Å². The Hall–Kier alpha value is -1.84. The van der Waals surface area contributed by atoms with Crippen molar-refractivity contribution < 1.29 is 14.7 Å². The fourth-order valence-electron chi connectivity index (χ4n) is 2.92. The molecule has 1 aromatic carbocycles. The molecule has 1 aliphatic carbocycles. The molecule has 0 radical (unpaired) electrons. The summed E-state index contributed by atoms with van der Waals surface area (Å²) in [4.78, 5) is 23.7. The molecule has 2 unspecified atom stereocenters. The van der Waals surface area contributed by atoms with Crippen LogP contribution in [0.2, 0.25) is 0 Å².